The molecule has 1 aliphatic rings. The Hall–Kier alpha value is -1.23. The van der Waals surface area contributed by atoms with E-state index in [1.54, 1.807) is 6.07 Å². The lowest BCUT2D eigenvalue weighted by molar-refractivity contribution is -0.137. The molecule has 0 radical (unpaired) electrons. The number of nitrogens with one attached hydrogen (secondary N) is 2. The van der Waals surface area contributed by atoms with Gasteiger partial charge in [-0.3, -0.25) is 0 Å². The van der Waals surface area contributed by atoms with Gasteiger partial charge in [-0.2, -0.15) is 13.2 Å². The van der Waals surface area contributed by atoms with Crippen LogP contribution >= 0.6 is 0 Å². The van der Waals surface area contributed by atoms with Crippen molar-refractivity contribution >= 4 is 5.69 Å². The lowest BCUT2D eigenvalue weighted by Gasteiger charge is -2.27. The molecule has 1 saturated heterocycles. The molecule has 0 amide bonds. The molecule has 2 nitrogen and oxygen atoms in total. The summed E-state index contributed by atoms with van der Waals surface area (Å²) in [5.74, 6) is 0. The van der Waals surface area contributed by atoms with Gasteiger partial charge in [-0.15, -0.1) is 0 Å². The summed E-state index contributed by atoms with van der Waals surface area (Å²) in [4.78, 5) is 0. The van der Waals surface area contributed by atoms with Crippen LogP contribution in [0.5, 0.6) is 0 Å². The highest BCUT2D eigenvalue weighted by atomic mass is 19.4. The Bertz CT molecular complexity index is 425. The highest BCUT2D eigenvalue weighted by Crippen LogP contribution is 2.30. The number of halogens is 3. The van der Waals surface area contributed by atoms with Crippen molar-refractivity contribution in [2.45, 2.75) is 50.9 Å². The molecular weight excluding hydrogens is 265 g/mol. The van der Waals surface area contributed by atoms with Gasteiger partial charge in [0.05, 0.1) is 5.56 Å². The van der Waals surface area contributed by atoms with Gasteiger partial charge in [0.2, 0.25) is 0 Å². The van der Waals surface area contributed by atoms with E-state index in [9.17, 15) is 13.2 Å². The molecule has 1 heterocycles. The normalized spacial score (nSPS) is 21.5. The second-order valence-electron chi connectivity index (χ2n) is 5.51. The smallest absolute Gasteiger partial charge is 0.383 e. The zero-order valence-electron chi connectivity index (χ0n) is 11.6. The van der Waals surface area contributed by atoms with Gasteiger partial charge in [0.25, 0.3) is 0 Å². The Morgan fingerprint density at radius 2 is 2.15 bits per heavy atom. The van der Waals surface area contributed by atoms with E-state index in [1.165, 1.54) is 25.0 Å². The molecule has 0 saturated carbocycles. The first kappa shape index (κ1) is 15.2. The van der Waals surface area contributed by atoms with Crippen LogP contribution in [0.2, 0.25) is 0 Å². The van der Waals surface area contributed by atoms with Crippen molar-refractivity contribution in [2.24, 2.45) is 0 Å². The molecular formula is C15H21F3N2. The second kappa shape index (κ2) is 6.48. The molecule has 2 N–H and O–H groups in total. The first-order chi connectivity index (χ1) is 9.45. The topological polar surface area (TPSA) is 24.1 Å². The third-order valence-corrected chi connectivity index (χ3v) is 3.65. The fourth-order valence-corrected chi connectivity index (χ4v) is 2.68. The Balaban J connectivity index is 1.92. The van der Waals surface area contributed by atoms with Gasteiger partial charge < -0.3 is 10.6 Å². The molecule has 1 fully saturated rings. The maximum atomic E-state index is 12.6. The summed E-state index contributed by atoms with van der Waals surface area (Å²) < 4.78 is 37.9. The van der Waals surface area contributed by atoms with Crippen molar-refractivity contribution in [3.05, 3.63) is 29.8 Å². The molecule has 112 valence electrons. The van der Waals surface area contributed by atoms with E-state index in [0.717, 1.165) is 25.5 Å². The molecule has 0 bridgehead atoms. The van der Waals surface area contributed by atoms with Crippen molar-refractivity contribution in [3.8, 4) is 0 Å². The van der Waals surface area contributed by atoms with Crippen molar-refractivity contribution in [1.82, 2.24) is 5.32 Å². The van der Waals surface area contributed by atoms with E-state index < -0.39 is 11.7 Å². The van der Waals surface area contributed by atoms with Gasteiger partial charge >= 0.3 is 6.18 Å². The van der Waals surface area contributed by atoms with Crippen LogP contribution in [0.4, 0.5) is 18.9 Å². The number of alkyl halides is 3. The predicted octanol–water partition coefficient (Wildman–Crippen LogP) is 4.04. The van der Waals surface area contributed by atoms with Crippen molar-refractivity contribution in [1.29, 1.82) is 0 Å². The van der Waals surface area contributed by atoms with Crippen LogP contribution in [-0.4, -0.2) is 18.6 Å². The van der Waals surface area contributed by atoms with Crippen LogP contribution in [0.15, 0.2) is 24.3 Å². The van der Waals surface area contributed by atoms with Crippen LogP contribution in [0, 0.1) is 0 Å². The summed E-state index contributed by atoms with van der Waals surface area (Å²) in [7, 11) is 0. The number of piperidine rings is 1. The summed E-state index contributed by atoms with van der Waals surface area (Å²) in [5, 5.41) is 6.61. The fourth-order valence-electron chi connectivity index (χ4n) is 2.68. The Morgan fingerprint density at radius 3 is 2.80 bits per heavy atom. The number of rotatable bonds is 4. The summed E-state index contributed by atoms with van der Waals surface area (Å²) >= 11 is 0. The predicted molar refractivity (Wildman–Crippen MR) is 74.8 cm³/mol. The molecule has 0 aliphatic carbocycles. The lowest BCUT2D eigenvalue weighted by atomic mass is 9.98. The van der Waals surface area contributed by atoms with Crippen molar-refractivity contribution in [3.63, 3.8) is 0 Å². The third-order valence-electron chi connectivity index (χ3n) is 3.65. The average Bonchev–Trinajstić information content (AvgIpc) is 2.39. The zero-order chi connectivity index (χ0) is 14.6. The van der Waals surface area contributed by atoms with Gasteiger partial charge in [0.1, 0.15) is 0 Å². The SMILES string of the molecule is CC(CC1CCCCN1)Nc1cccc(C(F)(F)F)c1. The lowest BCUT2D eigenvalue weighted by Crippen LogP contribution is -2.37. The summed E-state index contributed by atoms with van der Waals surface area (Å²) in [6.45, 7) is 3.05. The highest BCUT2D eigenvalue weighted by Gasteiger charge is 2.30. The Morgan fingerprint density at radius 1 is 1.35 bits per heavy atom. The van der Waals surface area contributed by atoms with Gasteiger partial charge in [0, 0.05) is 17.8 Å². The highest BCUT2D eigenvalue weighted by molar-refractivity contribution is 5.47. The van der Waals surface area contributed by atoms with E-state index in [1.807, 2.05) is 6.92 Å². The molecule has 2 rings (SSSR count). The monoisotopic (exact) mass is 286 g/mol. The minimum Gasteiger partial charge on any atom is -0.383 e. The quantitative estimate of drug-likeness (QED) is 0.873. The summed E-state index contributed by atoms with van der Waals surface area (Å²) in [6.07, 6.45) is 0.233. The summed E-state index contributed by atoms with van der Waals surface area (Å²) in [6, 6.07) is 6.01. The minimum atomic E-state index is -4.29. The van der Waals surface area contributed by atoms with Crippen molar-refractivity contribution < 1.29 is 13.2 Å². The van der Waals surface area contributed by atoms with Crippen LogP contribution in [-0.2, 0) is 6.18 Å². The minimum absolute atomic E-state index is 0.147. The third kappa shape index (κ3) is 4.40. The van der Waals surface area contributed by atoms with E-state index >= 15 is 0 Å². The number of anilines is 1. The molecule has 1 aliphatic heterocycles. The van der Waals surface area contributed by atoms with Crippen molar-refractivity contribution in [2.75, 3.05) is 11.9 Å². The van der Waals surface area contributed by atoms with Gasteiger partial charge in [-0.1, -0.05) is 12.5 Å². The van der Waals surface area contributed by atoms with E-state index in [0.29, 0.717) is 11.7 Å². The van der Waals surface area contributed by atoms with Gasteiger partial charge in [0.15, 0.2) is 0 Å². The maximum Gasteiger partial charge on any atom is 0.416 e. The van der Waals surface area contributed by atoms with Gasteiger partial charge in [-0.25, -0.2) is 0 Å². The Labute approximate surface area is 117 Å². The first-order valence-corrected chi connectivity index (χ1v) is 7.12. The van der Waals surface area contributed by atoms with Crippen LogP contribution < -0.4 is 10.6 Å². The number of benzene rings is 1. The first-order valence-electron chi connectivity index (χ1n) is 7.12. The fraction of sp³-hybridized carbons (Fsp3) is 0.600. The zero-order valence-corrected chi connectivity index (χ0v) is 11.6. The van der Waals surface area contributed by atoms with Crippen LogP contribution in [0.1, 0.15) is 38.2 Å². The molecule has 1 aromatic carbocycles. The maximum absolute atomic E-state index is 12.6. The molecule has 20 heavy (non-hydrogen) atoms. The van der Waals surface area contributed by atoms with Gasteiger partial charge in [-0.05, 0) is 50.9 Å². The number of hydrogen-bond donors (Lipinski definition) is 2. The molecule has 2 atom stereocenters. The molecule has 0 aromatic heterocycles. The average molecular weight is 286 g/mol. The molecule has 2 unspecified atom stereocenters. The van der Waals surface area contributed by atoms with Crippen LogP contribution in [0.3, 0.4) is 0 Å². The molecule has 0 spiro atoms. The molecule has 5 heteroatoms. The summed E-state index contributed by atoms with van der Waals surface area (Å²) in [5.41, 5.74) is -0.0753. The largest absolute Gasteiger partial charge is 0.416 e. The van der Waals surface area contributed by atoms with E-state index in [-0.39, 0.29) is 6.04 Å². The molecule has 1 aromatic rings. The Kier molecular flexibility index (Phi) is 4.91. The van der Waals surface area contributed by atoms with Crippen LogP contribution in [0.25, 0.3) is 0 Å². The van der Waals surface area contributed by atoms with E-state index in [4.69, 9.17) is 0 Å². The van der Waals surface area contributed by atoms with E-state index in [2.05, 4.69) is 10.6 Å². The second-order valence-corrected chi connectivity index (χ2v) is 5.51. The standard InChI is InChI=1S/C15H21F3N2/c1-11(9-13-6-2-3-8-19-13)20-14-7-4-5-12(10-14)15(16,17)18/h4-5,7,10-11,13,19-20H,2-3,6,8-9H2,1H3. The number of hydrogen-bond acceptors (Lipinski definition) is 2.